The summed E-state index contributed by atoms with van der Waals surface area (Å²) in [6.07, 6.45) is 4.16. The Kier molecular flexibility index (Phi) is 4.53. The average Bonchev–Trinajstić information content (AvgIpc) is 2.70. The number of hydrogen-bond acceptors (Lipinski definition) is 3. The highest BCUT2D eigenvalue weighted by atomic mass is 16.4. The van der Waals surface area contributed by atoms with Crippen molar-refractivity contribution in [3.05, 3.63) is 24.0 Å². The van der Waals surface area contributed by atoms with Gasteiger partial charge in [0.15, 0.2) is 0 Å². The van der Waals surface area contributed by atoms with Crippen LogP contribution >= 0.6 is 0 Å². The largest absolute Gasteiger partial charge is 0.480 e. The molecule has 1 heterocycles. The molecule has 0 bridgehead atoms. The Morgan fingerprint density at radius 1 is 1.56 bits per heavy atom. The quantitative estimate of drug-likeness (QED) is 0.522. The van der Waals surface area contributed by atoms with E-state index in [4.69, 9.17) is 10.8 Å². The van der Waals surface area contributed by atoms with Crippen molar-refractivity contribution in [3.63, 3.8) is 0 Å². The maximum absolute atomic E-state index is 11.2. The van der Waals surface area contributed by atoms with Crippen LogP contribution in [0.1, 0.15) is 12.0 Å². The molecule has 1 unspecified atom stereocenters. The highest BCUT2D eigenvalue weighted by Gasteiger charge is 2.15. The predicted octanol–water partition coefficient (Wildman–Crippen LogP) is -0.525. The molecule has 6 nitrogen and oxygen atoms in total. The monoisotopic (exact) mass is 225 g/mol. The summed E-state index contributed by atoms with van der Waals surface area (Å²) in [5.74, 6) is -1.51. The molecule has 0 spiro atoms. The van der Waals surface area contributed by atoms with Crippen LogP contribution in [0.15, 0.2) is 18.5 Å². The standard InChI is InChI=1S/C10H15N3O3/c11-8(10(15)16)5-9(14)13-4-2-7-1-3-12-6-7/h1,3,6,8,12H,2,4-5,11H2,(H,13,14)(H,15,16). The number of carboxylic acid groups (broad SMARTS) is 1. The minimum Gasteiger partial charge on any atom is -0.480 e. The molecule has 1 amide bonds. The fourth-order valence-electron chi connectivity index (χ4n) is 1.22. The van der Waals surface area contributed by atoms with Gasteiger partial charge in [0.05, 0.1) is 6.42 Å². The van der Waals surface area contributed by atoms with Crippen molar-refractivity contribution in [2.45, 2.75) is 18.9 Å². The van der Waals surface area contributed by atoms with Crippen LogP contribution < -0.4 is 11.1 Å². The topological polar surface area (TPSA) is 108 Å². The Morgan fingerprint density at radius 3 is 2.88 bits per heavy atom. The zero-order valence-corrected chi connectivity index (χ0v) is 8.77. The van der Waals surface area contributed by atoms with Crippen LogP contribution in [0, 0.1) is 0 Å². The van der Waals surface area contributed by atoms with E-state index in [1.807, 2.05) is 12.3 Å². The minimum absolute atomic E-state index is 0.192. The summed E-state index contributed by atoms with van der Waals surface area (Å²) in [5.41, 5.74) is 6.30. The van der Waals surface area contributed by atoms with E-state index < -0.39 is 12.0 Å². The van der Waals surface area contributed by atoms with Crippen LogP contribution in [0.4, 0.5) is 0 Å². The van der Waals surface area contributed by atoms with Gasteiger partial charge in [0.1, 0.15) is 6.04 Å². The molecule has 0 aliphatic heterocycles. The third-order valence-corrected chi connectivity index (χ3v) is 2.12. The van der Waals surface area contributed by atoms with Crippen molar-refractivity contribution in [2.75, 3.05) is 6.54 Å². The number of amides is 1. The van der Waals surface area contributed by atoms with Crippen LogP contribution in [-0.4, -0.2) is 34.6 Å². The highest BCUT2D eigenvalue weighted by molar-refractivity contribution is 5.84. The van der Waals surface area contributed by atoms with Gasteiger partial charge in [0, 0.05) is 18.9 Å². The minimum atomic E-state index is -1.17. The van der Waals surface area contributed by atoms with E-state index in [1.54, 1.807) is 6.20 Å². The molecule has 0 aliphatic carbocycles. The molecule has 16 heavy (non-hydrogen) atoms. The summed E-state index contributed by atoms with van der Waals surface area (Å²) >= 11 is 0. The zero-order chi connectivity index (χ0) is 12.0. The molecule has 1 atom stereocenters. The molecule has 0 fully saturated rings. The zero-order valence-electron chi connectivity index (χ0n) is 8.77. The highest BCUT2D eigenvalue weighted by Crippen LogP contribution is 1.96. The van der Waals surface area contributed by atoms with Crippen molar-refractivity contribution in [2.24, 2.45) is 5.73 Å². The second kappa shape index (κ2) is 5.92. The van der Waals surface area contributed by atoms with Gasteiger partial charge >= 0.3 is 5.97 Å². The smallest absolute Gasteiger partial charge is 0.321 e. The molecule has 6 heteroatoms. The number of aromatic amines is 1. The SMILES string of the molecule is NC(CC(=O)NCCc1cc[nH]c1)C(=O)O. The maximum atomic E-state index is 11.2. The lowest BCUT2D eigenvalue weighted by atomic mass is 10.2. The van der Waals surface area contributed by atoms with E-state index in [9.17, 15) is 9.59 Å². The predicted molar refractivity (Wildman–Crippen MR) is 57.7 cm³/mol. The molecule has 1 aromatic heterocycles. The fraction of sp³-hybridized carbons (Fsp3) is 0.400. The summed E-state index contributed by atoms with van der Waals surface area (Å²) in [5, 5.41) is 11.1. The molecule has 0 aromatic carbocycles. The van der Waals surface area contributed by atoms with Gasteiger partial charge < -0.3 is 21.1 Å². The number of aliphatic carboxylic acids is 1. The molecule has 5 N–H and O–H groups in total. The van der Waals surface area contributed by atoms with Crippen LogP contribution in [0.25, 0.3) is 0 Å². The number of H-pyrrole nitrogens is 1. The number of nitrogens with one attached hydrogen (secondary N) is 2. The van der Waals surface area contributed by atoms with E-state index >= 15 is 0 Å². The van der Waals surface area contributed by atoms with E-state index in [1.165, 1.54) is 0 Å². The van der Waals surface area contributed by atoms with Crippen molar-refractivity contribution < 1.29 is 14.7 Å². The van der Waals surface area contributed by atoms with E-state index in [2.05, 4.69) is 10.3 Å². The van der Waals surface area contributed by atoms with Crippen LogP contribution in [0.3, 0.4) is 0 Å². The lowest BCUT2D eigenvalue weighted by molar-refractivity contribution is -0.140. The summed E-state index contributed by atoms with van der Waals surface area (Å²) in [6, 6.07) is 0.780. The molecule has 0 saturated heterocycles. The molecule has 1 aromatic rings. The molecule has 0 radical (unpaired) electrons. The van der Waals surface area contributed by atoms with Gasteiger partial charge in [-0.3, -0.25) is 9.59 Å². The molecule has 0 saturated carbocycles. The number of carbonyl (C=O) groups excluding carboxylic acids is 1. The summed E-state index contributed by atoms with van der Waals surface area (Å²) in [4.78, 5) is 24.5. The van der Waals surface area contributed by atoms with Crippen molar-refractivity contribution in [3.8, 4) is 0 Å². The van der Waals surface area contributed by atoms with Gasteiger partial charge in [-0.1, -0.05) is 0 Å². The summed E-state index contributed by atoms with van der Waals surface area (Å²) < 4.78 is 0. The maximum Gasteiger partial charge on any atom is 0.321 e. The number of rotatable bonds is 6. The normalized spacial score (nSPS) is 12.1. The molecular weight excluding hydrogens is 210 g/mol. The number of hydrogen-bond donors (Lipinski definition) is 4. The second-order valence-corrected chi connectivity index (χ2v) is 3.47. The Labute approximate surface area is 92.8 Å². The average molecular weight is 225 g/mol. The molecular formula is C10H15N3O3. The number of nitrogens with two attached hydrogens (primary N) is 1. The molecule has 1 rings (SSSR count). The van der Waals surface area contributed by atoms with Gasteiger partial charge in [0.25, 0.3) is 0 Å². The molecule has 88 valence electrons. The van der Waals surface area contributed by atoms with Crippen LogP contribution in [-0.2, 0) is 16.0 Å². The first-order valence-electron chi connectivity index (χ1n) is 4.96. The summed E-state index contributed by atoms with van der Waals surface area (Å²) in [6.45, 7) is 0.475. The van der Waals surface area contributed by atoms with Gasteiger partial charge in [-0.25, -0.2) is 0 Å². The van der Waals surface area contributed by atoms with Crippen molar-refractivity contribution in [1.82, 2.24) is 10.3 Å². The lowest BCUT2D eigenvalue weighted by Gasteiger charge is -2.07. The fourth-order valence-corrected chi connectivity index (χ4v) is 1.22. The van der Waals surface area contributed by atoms with Crippen LogP contribution in [0.5, 0.6) is 0 Å². The van der Waals surface area contributed by atoms with E-state index in [0.29, 0.717) is 13.0 Å². The summed E-state index contributed by atoms with van der Waals surface area (Å²) in [7, 11) is 0. The molecule has 0 aliphatic rings. The third-order valence-electron chi connectivity index (χ3n) is 2.12. The number of carbonyl (C=O) groups is 2. The van der Waals surface area contributed by atoms with E-state index in [-0.39, 0.29) is 12.3 Å². The lowest BCUT2D eigenvalue weighted by Crippen LogP contribution is -2.37. The first-order chi connectivity index (χ1) is 7.59. The Balaban J connectivity index is 2.18. The van der Waals surface area contributed by atoms with Gasteiger partial charge in [-0.15, -0.1) is 0 Å². The number of aromatic nitrogens is 1. The van der Waals surface area contributed by atoms with Gasteiger partial charge in [-0.05, 0) is 18.1 Å². The van der Waals surface area contributed by atoms with Crippen LogP contribution in [0.2, 0.25) is 0 Å². The van der Waals surface area contributed by atoms with E-state index in [0.717, 1.165) is 5.56 Å². The number of carboxylic acids is 1. The Morgan fingerprint density at radius 2 is 2.31 bits per heavy atom. The van der Waals surface area contributed by atoms with Crippen molar-refractivity contribution in [1.29, 1.82) is 0 Å². The van der Waals surface area contributed by atoms with Crippen molar-refractivity contribution >= 4 is 11.9 Å². The Hall–Kier alpha value is -1.82. The first kappa shape index (κ1) is 12.3. The third kappa shape index (κ3) is 4.14. The second-order valence-electron chi connectivity index (χ2n) is 3.47. The first-order valence-corrected chi connectivity index (χ1v) is 4.96. The van der Waals surface area contributed by atoms with Gasteiger partial charge in [-0.2, -0.15) is 0 Å². The Bertz CT molecular complexity index is 348. The van der Waals surface area contributed by atoms with Gasteiger partial charge in [0.2, 0.25) is 5.91 Å².